The maximum atomic E-state index is 13.0. The van der Waals surface area contributed by atoms with Gasteiger partial charge in [-0.2, -0.15) is 5.10 Å². The van der Waals surface area contributed by atoms with Gasteiger partial charge < -0.3 is 10.2 Å². The Morgan fingerprint density at radius 3 is 2.71 bits per heavy atom. The number of nitrogens with one attached hydrogen (secondary N) is 2. The highest BCUT2D eigenvalue weighted by Crippen LogP contribution is 2.42. The quantitative estimate of drug-likeness (QED) is 0.741. The summed E-state index contributed by atoms with van der Waals surface area (Å²) in [6, 6.07) is -0.573. The highest BCUT2D eigenvalue weighted by atomic mass is 32.2. The standard InChI is InChI=1S/C14H17FN4O4S/c15-10-3-9(10)12(20)18-11-1-2-24(22,23)14(11)6-19(7-14)13(21)8-4-16-17-5-8/h4-5,9-11H,1-3,6-7H2,(H,16,17)(H,18,20). The van der Waals surface area contributed by atoms with Crippen molar-refractivity contribution in [1.29, 1.82) is 0 Å². The molecule has 1 aliphatic carbocycles. The summed E-state index contributed by atoms with van der Waals surface area (Å²) in [5.74, 6) is -1.42. The third-order valence-electron chi connectivity index (χ3n) is 5.24. The van der Waals surface area contributed by atoms with Gasteiger partial charge in [0.05, 0.1) is 29.5 Å². The zero-order chi connectivity index (χ0) is 17.1. The average molecular weight is 356 g/mol. The van der Waals surface area contributed by atoms with Crippen LogP contribution < -0.4 is 5.32 Å². The van der Waals surface area contributed by atoms with Gasteiger partial charge in [0.25, 0.3) is 5.91 Å². The fourth-order valence-corrected chi connectivity index (χ4v) is 5.85. The summed E-state index contributed by atoms with van der Waals surface area (Å²) in [6.07, 6.45) is 2.20. The summed E-state index contributed by atoms with van der Waals surface area (Å²) in [5.41, 5.74) is 0.360. The van der Waals surface area contributed by atoms with E-state index in [9.17, 15) is 22.4 Å². The van der Waals surface area contributed by atoms with Crippen molar-refractivity contribution in [2.45, 2.75) is 29.8 Å². The van der Waals surface area contributed by atoms with E-state index < -0.39 is 38.6 Å². The number of carbonyl (C=O) groups is 2. The van der Waals surface area contributed by atoms with Crippen LogP contribution in [0.4, 0.5) is 4.39 Å². The smallest absolute Gasteiger partial charge is 0.257 e. The summed E-state index contributed by atoms with van der Waals surface area (Å²) in [5, 5.41) is 8.95. The Labute approximate surface area is 137 Å². The minimum Gasteiger partial charge on any atom is -0.351 e. The van der Waals surface area contributed by atoms with E-state index in [-0.39, 0.29) is 31.2 Å². The lowest BCUT2D eigenvalue weighted by atomic mass is 9.88. The average Bonchev–Trinajstić information content (AvgIpc) is 2.92. The second kappa shape index (κ2) is 5.01. The van der Waals surface area contributed by atoms with Crippen LogP contribution in [0.1, 0.15) is 23.2 Å². The van der Waals surface area contributed by atoms with E-state index in [1.54, 1.807) is 0 Å². The topological polar surface area (TPSA) is 112 Å². The molecule has 2 N–H and O–H groups in total. The number of nitrogens with zero attached hydrogens (tertiary/aromatic N) is 2. The molecule has 0 bridgehead atoms. The molecule has 3 aliphatic rings. The van der Waals surface area contributed by atoms with Gasteiger partial charge in [-0.1, -0.05) is 0 Å². The van der Waals surface area contributed by atoms with Crippen molar-refractivity contribution in [1.82, 2.24) is 20.4 Å². The van der Waals surface area contributed by atoms with Crippen LogP contribution >= 0.6 is 0 Å². The first-order valence-electron chi connectivity index (χ1n) is 7.79. The third kappa shape index (κ3) is 2.15. The van der Waals surface area contributed by atoms with Crippen molar-refractivity contribution in [3.05, 3.63) is 18.0 Å². The van der Waals surface area contributed by atoms with E-state index in [0.717, 1.165) is 0 Å². The van der Waals surface area contributed by atoms with Gasteiger partial charge >= 0.3 is 0 Å². The molecule has 0 radical (unpaired) electrons. The van der Waals surface area contributed by atoms with Crippen LogP contribution in [0, 0.1) is 5.92 Å². The monoisotopic (exact) mass is 356 g/mol. The molecule has 2 saturated heterocycles. The van der Waals surface area contributed by atoms with Crippen molar-refractivity contribution < 1.29 is 22.4 Å². The summed E-state index contributed by atoms with van der Waals surface area (Å²) >= 11 is 0. The van der Waals surface area contributed by atoms with E-state index >= 15 is 0 Å². The highest BCUT2D eigenvalue weighted by Gasteiger charge is 2.63. The highest BCUT2D eigenvalue weighted by molar-refractivity contribution is 7.93. The van der Waals surface area contributed by atoms with Crippen molar-refractivity contribution in [2.24, 2.45) is 5.92 Å². The van der Waals surface area contributed by atoms with Gasteiger partial charge in [-0.15, -0.1) is 0 Å². The fraction of sp³-hybridized carbons (Fsp3) is 0.643. The van der Waals surface area contributed by atoms with Crippen LogP contribution in [0.5, 0.6) is 0 Å². The van der Waals surface area contributed by atoms with E-state index in [2.05, 4.69) is 15.5 Å². The van der Waals surface area contributed by atoms with E-state index in [1.807, 2.05) is 0 Å². The minimum absolute atomic E-state index is 0.0323. The first kappa shape index (κ1) is 15.6. The van der Waals surface area contributed by atoms with Gasteiger partial charge in [0.15, 0.2) is 9.84 Å². The number of H-pyrrole nitrogens is 1. The van der Waals surface area contributed by atoms with Crippen molar-refractivity contribution in [2.75, 3.05) is 18.8 Å². The molecule has 10 heteroatoms. The summed E-state index contributed by atoms with van der Waals surface area (Å²) in [6.45, 7) is 0.0715. The van der Waals surface area contributed by atoms with Gasteiger partial charge in [-0.3, -0.25) is 14.7 Å². The Kier molecular flexibility index (Phi) is 3.25. The van der Waals surface area contributed by atoms with Crippen LogP contribution in [-0.2, 0) is 14.6 Å². The largest absolute Gasteiger partial charge is 0.351 e. The molecule has 4 rings (SSSR count). The number of rotatable bonds is 3. The maximum Gasteiger partial charge on any atom is 0.257 e. The number of aromatic amines is 1. The van der Waals surface area contributed by atoms with Crippen LogP contribution in [0.25, 0.3) is 0 Å². The molecule has 1 saturated carbocycles. The summed E-state index contributed by atoms with van der Waals surface area (Å²) < 4.78 is 36.8. The molecule has 2 amide bonds. The van der Waals surface area contributed by atoms with E-state index in [4.69, 9.17) is 0 Å². The number of sulfone groups is 1. The number of hydrogen-bond donors (Lipinski definition) is 2. The molecule has 130 valence electrons. The Bertz CT molecular complexity index is 788. The number of carbonyl (C=O) groups excluding carboxylic acids is 2. The van der Waals surface area contributed by atoms with Crippen molar-refractivity contribution in [3.8, 4) is 0 Å². The van der Waals surface area contributed by atoms with Crippen LogP contribution in [0.15, 0.2) is 12.4 Å². The molecule has 1 spiro atoms. The zero-order valence-corrected chi connectivity index (χ0v) is 13.6. The fourth-order valence-electron chi connectivity index (χ4n) is 3.58. The number of aromatic nitrogens is 2. The maximum absolute atomic E-state index is 13.0. The van der Waals surface area contributed by atoms with Crippen molar-refractivity contribution in [3.63, 3.8) is 0 Å². The predicted octanol–water partition coefficient (Wildman–Crippen LogP) is -0.734. The second-order valence-corrected chi connectivity index (χ2v) is 9.19. The Morgan fingerprint density at radius 1 is 1.42 bits per heavy atom. The van der Waals surface area contributed by atoms with Crippen LogP contribution in [-0.4, -0.2) is 71.1 Å². The number of alkyl halides is 1. The molecule has 3 fully saturated rings. The van der Waals surface area contributed by atoms with E-state index in [1.165, 1.54) is 17.3 Å². The Balaban J connectivity index is 1.49. The number of halogens is 1. The van der Waals surface area contributed by atoms with Gasteiger partial charge in [0, 0.05) is 19.3 Å². The number of amides is 2. The Morgan fingerprint density at radius 2 is 2.12 bits per heavy atom. The first-order chi connectivity index (χ1) is 11.3. The molecule has 1 aromatic heterocycles. The molecule has 3 atom stereocenters. The SMILES string of the molecule is O=C(NC1CCS(=O)(=O)C12CN(C(=O)c1cn[nH]c1)C2)C1CC1F. The molecule has 3 unspecified atom stereocenters. The van der Waals surface area contributed by atoms with Crippen LogP contribution in [0.2, 0.25) is 0 Å². The van der Waals surface area contributed by atoms with E-state index in [0.29, 0.717) is 12.0 Å². The molecule has 8 nitrogen and oxygen atoms in total. The van der Waals surface area contributed by atoms with Gasteiger partial charge in [-0.05, 0) is 12.8 Å². The molecular weight excluding hydrogens is 339 g/mol. The molecule has 0 aromatic carbocycles. The molecular formula is C14H17FN4O4S. The first-order valence-corrected chi connectivity index (χ1v) is 9.44. The number of likely N-dealkylation sites (tertiary alicyclic amines) is 1. The minimum atomic E-state index is -3.42. The van der Waals surface area contributed by atoms with Crippen molar-refractivity contribution >= 4 is 21.7 Å². The molecule has 1 aromatic rings. The van der Waals surface area contributed by atoms with Gasteiger partial charge in [0.2, 0.25) is 5.91 Å². The molecule has 3 heterocycles. The van der Waals surface area contributed by atoms with Crippen LogP contribution in [0.3, 0.4) is 0 Å². The summed E-state index contributed by atoms with van der Waals surface area (Å²) in [4.78, 5) is 25.7. The lowest BCUT2D eigenvalue weighted by molar-refractivity contribution is -0.123. The molecule has 2 aliphatic heterocycles. The predicted molar refractivity (Wildman–Crippen MR) is 80.6 cm³/mol. The lowest BCUT2D eigenvalue weighted by Gasteiger charge is -2.49. The normalized spacial score (nSPS) is 32.4. The van der Waals surface area contributed by atoms with Gasteiger partial charge in [-0.25, -0.2) is 12.8 Å². The lowest BCUT2D eigenvalue weighted by Crippen LogP contribution is -2.72. The summed E-state index contributed by atoms with van der Waals surface area (Å²) in [7, 11) is -3.42. The van der Waals surface area contributed by atoms with Gasteiger partial charge in [0.1, 0.15) is 10.9 Å². The number of hydrogen-bond acceptors (Lipinski definition) is 5. The molecule has 24 heavy (non-hydrogen) atoms. The second-order valence-electron chi connectivity index (χ2n) is 6.74. The third-order valence-corrected chi connectivity index (χ3v) is 7.80. The Hall–Kier alpha value is -1.97. The zero-order valence-electron chi connectivity index (χ0n) is 12.7.